The minimum Gasteiger partial charge on any atom is -0.872 e. The quantitative estimate of drug-likeness (QED) is 0.168. The molecule has 0 radical (unpaired) electrons. The van der Waals surface area contributed by atoms with E-state index in [-0.39, 0.29) is 62.6 Å². The van der Waals surface area contributed by atoms with Gasteiger partial charge in [-0.2, -0.15) is 0 Å². The van der Waals surface area contributed by atoms with E-state index in [0.29, 0.717) is 33.6 Å². The second-order valence-corrected chi connectivity index (χ2v) is 11.3. The van der Waals surface area contributed by atoms with Crippen LogP contribution in [0.25, 0.3) is 66.8 Å². The Balaban J connectivity index is 0.00000357. The molecule has 1 aliphatic carbocycles. The fourth-order valence-electron chi connectivity index (χ4n) is 5.69. The SMILES string of the molecule is C[n+]1ccc(-c2cc3cc4cc(-c5cc[n+](C)cc5)c(=O)c(-c5cc[n+](C)cc5)c-4oc3c(-c3cc[n+](C)cc3)c2[O-])cc1.[K+]. The van der Waals surface area contributed by atoms with Crippen LogP contribution in [0.5, 0.6) is 5.75 Å². The number of rotatable bonds is 4. The third kappa shape index (κ3) is 5.76. The molecule has 0 saturated heterocycles. The van der Waals surface area contributed by atoms with Crippen molar-refractivity contribution in [2.75, 3.05) is 0 Å². The number of aromatic nitrogens is 4. The van der Waals surface area contributed by atoms with E-state index in [4.69, 9.17) is 4.42 Å². The van der Waals surface area contributed by atoms with Gasteiger partial charge in [-0.15, -0.1) is 0 Å². The third-order valence-corrected chi connectivity index (χ3v) is 8.15. The summed E-state index contributed by atoms with van der Waals surface area (Å²) in [4.78, 5) is 14.3. The topological polar surface area (TPSA) is 68.8 Å². The van der Waals surface area contributed by atoms with E-state index in [9.17, 15) is 9.90 Å². The van der Waals surface area contributed by atoms with Crippen molar-refractivity contribution in [3.05, 3.63) is 127 Å². The smallest absolute Gasteiger partial charge is 0.872 e. The largest absolute Gasteiger partial charge is 1.00 e. The van der Waals surface area contributed by atoms with E-state index in [1.165, 1.54) is 0 Å². The third-order valence-electron chi connectivity index (χ3n) is 8.15. The van der Waals surface area contributed by atoms with Crippen LogP contribution in [0.2, 0.25) is 0 Å². The summed E-state index contributed by atoms with van der Waals surface area (Å²) >= 11 is 0. The van der Waals surface area contributed by atoms with Gasteiger partial charge in [-0.25, -0.2) is 18.3 Å². The molecule has 1 aromatic carbocycles. The maximum absolute atomic E-state index is 14.3. The Labute approximate surface area is 303 Å². The molecule has 8 heteroatoms. The second kappa shape index (κ2) is 12.4. The molecule has 2 aliphatic rings. The molecule has 0 atom stereocenters. The monoisotopic (exact) mass is 618 g/mol. The minimum absolute atomic E-state index is 0. The average molecular weight is 619 g/mol. The Kier molecular flexibility index (Phi) is 8.52. The fraction of sp³-hybridized carbons (Fsp3) is 0.108. The van der Waals surface area contributed by atoms with Crippen LogP contribution >= 0.6 is 0 Å². The van der Waals surface area contributed by atoms with E-state index in [1.54, 1.807) is 0 Å². The molecule has 214 valence electrons. The molecule has 0 unspecified atom stereocenters. The molecule has 0 amide bonds. The molecule has 4 aromatic heterocycles. The Bertz CT molecular complexity index is 2210. The number of nitrogens with zero attached hydrogens (tertiary/aromatic N) is 4. The number of hydrogen-bond donors (Lipinski definition) is 0. The van der Waals surface area contributed by atoms with Crippen molar-refractivity contribution in [1.82, 2.24) is 0 Å². The van der Waals surface area contributed by atoms with Gasteiger partial charge in [-0.05, 0) is 40.5 Å². The summed E-state index contributed by atoms with van der Waals surface area (Å²) in [7, 11) is 7.76. The number of fused-ring (bicyclic) bond motifs is 2. The Hall–Kier alpha value is -4.05. The first kappa shape index (κ1) is 31.0. The molecule has 0 spiro atoms. The Morgan fingerprint density at radius 2 is 0.956 bits per heavy atom. The van der Waals surface area contributed by atoms with Crippen molar-refractivity contribution in [1.29, 1.82) is 0 Å². The molecule has 0 bridgehead atoms. The van der Waals surface area contributed by atoms with Gasteiger partial charge in [0.25, 0.3) is 0 Å². The van der Waals surface area contributed by atoms with E-state index in [2.05, 4.69) is 0 Å². The molecule has 0 N–H and O–H groups in total. The van der Waals surface area contributed by atoms with E-state index < -0.39 is 0 Å². The molecule has 7 rings (SSSR count). The van der Waals surface area contributed by atoms with Crippen LogP contribution < -0.4 is 80.2 Å². The summed E-state index contributed by atoms with van der Waals surface area (Å²) in [6.07, 6.45) is 15.4. The van der Waals surface area contributed by atoms with Crippen LogP contribution in [0, 0.1) is 0 Å². The number of benzene rings is 2. The van der Waals surface area contributed by atoms with Gasteiger partial charge in [0.15, 0.2) is 55.0 Å². The van der Waals surface area contributed by atoms with E-state index in [0.717, 1.165) is 33.2 Å². The van der Waals surface area contributed by atoms with Crippen molar-refractivity contribution in [3.63, 3.8) is 0 Å². The van der Waals surface area contributed by atoms with E-state index >= 15 is 0 Å². The minimum atomic E-state index is -0.132. The van der Waals surface area contributed by atoms with E-state index in [1.807, 2.05) is 163 Å². The van der Waals surface area contributed by atoms with Gasteiger partial charge in [-0.1, -0.05) is 5.75 Å². The summed E-state index contributed by atoms with van der Waals surface area (Å²) in [5, 5.41) is 15.1. The molecule has 0 fully saturated rings. The summed E-state index contributed by atoms with van der Waals surface area (Å²) in [6.45, 7) is 0. The van der Waals surface area contributed by atoms with Crippen LogP contribution in [-0.2, 0) is 28.2 Å². The standard InChI is InChI=1S/C37H31N4O3.K/c1-38-13-5-24(6-14-38)30-22-28-21-29-23-31(25-7-15-39(2)16-8-25)35(43)33(27-11-19-41(4)20-12-27)37(29)44-36(28)32(34(30)42)26-9-17-40(3)18-10-26;/h5-23H,1-4H3;/q+3;+1. The maximum Gasteiger partial charge on any atom is 1.00 e. The second-order valence-electron chi connectivity index (χ2n) is 11.3. The molecule has 0 saturated carbocycles. The summed E-state index contributed by atoms with van der Waals surface area (Å²) in [5.74, 6) is 0.316. The van der Waals surface area contributed by atoms with Gasteiger partial charge in [0.2, 0.25) is 0 Å². The number of hydrogen-bond acceptors (Lipinski definition) is 3. The zero-order valence-electron chi connectivity index (χ0n) is 26.0. The molecule has 5 heterocycles. The number of aryl methyl sites for hydroxylation is 4. The van der Waals surface area contributed by atoms with Gasteiger partial charge in [0, 0.05) is 76.2 Å². The first-order valence-electron chi connectivity index (χ1n) is 14.4. The van der Waals surface area contributed by atoms with Crippen molar-refractivity contribution in [2.45, 2.75) is 0 Å². The van der Waals surface area contributed by atoms with Gasteiger partial charge >= 0.3 is 51.4 Å². The summed E-state index contributed by atoms with van der Waals surface area (Å²) in [5.41, 5.74) is 6.32. The van der Waals surface area contributed by atoms with Gasteiger partial charge < -0.3 is 9.52 Å². The first-order valence-corrected chi connectivity index (χ1v) is 14.4. The predicted octanol–water partition coefficient (Wildman–Crippen LogP) is 0.941. The van der Waals surface area contributed by atoms with Crippen molar-refractivity contribution >= 4 is 11.0 Å². The predicted molar refractivity (Wildman–Crippen MR) is 165 cm³/mol. The molecular weight excluding hydrogens is 588 g/mol. The molecule has 45 heavy (non-hydrogen) atoms. The van der Waals surface area contributed by atoms with Crippen LogP contribution in [0.15, 0.2) is 126 Å². The van der Waals surface area contributed by atoms with Crippen LogP contribution in [0.1, 0.15) is 0 Å². The van der Waals surface area contributed by atoms with Crippen LogP contribution in [0.3, 0.4) is 0 Å². The van der Waals surface area contributed by atoms with Gasteiger partial charge in [-0.3, -0.25) is 4.79 Å². The van der Waals surface area contributed by atoms with Gasteiger partial charge in [0.1, 0.15) is 39.5 Å². The first-order chi connectivity index (χ1) is 21.3. The summed E-state index contributed by atoms with van der Waals surface area (Å²) < 4.78 is 14.5. The van der Waals surface area contributed by atoms with Crippen LogP contribution in [-0.4, -0.2) is 0 Å². The normalized spacial score (nSPS) is 11.1. The summed E-state index contributed by atoms with van der Waals surface area (Å²) in [6, 6.07) is 21.3. The molecule has 7 nitrogen and oxygen atoms in total. The fourth-order valence-corrected chi connectivity index (χ4v) is 5.69. The Morgan fingerprint density at radius 3 is 1.44 bits per heavy atom. The molecule has 5 aromatic rings. The Morgan fingerprint density at radius 1 is 0.533 bits per heavy atom. The molecule has 1 aliphatic heterocycles. The van der Waals surface area contributed by atoms with Crippen molar-refractivity contribution in [3.8, 4) is 61.6 Å². The zero-order valence-corrected chi connectivity index (χ0v) is 29.1. The molecular formula is C37H31KN4O3+4. The van der Waals surface area contributed by atoms with Crippen LogP contribution in [0.4, 0.5) is 0 Å². The zero-order chi connectivity index (χ0) is 30.5. The maximum atomic E-state index is 14.3. The number of pyridine rings is 4. The van der Waals surface area contributed by atoms with Gasteiger partial charge in [0.05, 0.1) is 5.56 Å². The van der Waals surface area contributed by atoms with Crippen molar-refractivity contribution in [2.24, 2.45) is 28.2 Å². The van der Waals surface area contributed by atoms with Crippen molar-refractivity contribution < 1.29 is 79.2 Å². The average Bonchev–Trinajstić information content (AvgIpc) is 3.02.